The van der Waals surface area contributed by atoms with Crippen molar-refractivity contribution < 1.29 is 14.3 Å². The number of carbonyl (C=O) groups excluding carboxylic acids is 2. The highest BCUT2D eigenvalue weighted by atomic mass is 32.2. The zero-order valence-electron chi connectivity index (χ0n) is 15.5. The molecule has 1 aromatic heterocycles. The van der Waals surface area contributed by atoms with Gasteiger partial charge in [0.25, 0.3) is 5.91 Å². The molecule has 3 rings (SSSR count). The van der Waals surface area contributed by atoms with E-state index in [1.54, 1.807) is 43.0 Å². The third-order valence-electron chi connectivity index (χ3n) is 4.00. The summed E-state index contributed by atoms with van der Waals surface area (Å²) in [5, 5.41) is 7.01. The maximum absolute atomic E-state index is 12.5. The number of aromatic nitrogens is 2. The van der Waals surface area contributed by atoms with Crippen molar-refractivity contribution in [1.82, 2.24) is 9.78 Å². The fourth-order valence-electron chi connectivity index (χ4n) is 2.59. The highest BCUT2D eigenvalue weighted by molar-refractivity contribution is 7.98. The van der Waals surface area contributed by atoms with Crippen molar-refractivity contribution in [3.05, 3.63) is 65.9 Å². The van der Waals surface area contributed by atoms with Crippen molar-refractivity contribution >= 4 is 35.1 Å². The lowest BCUT2D eigenvalue weighted by Crippen LogP contribution is -2.12. The van der Waals surface area contributed by atoms with Gasteiger partial charge in [0.05, 0.1) is 18.5 Å². The normalized spacial score (nSPS) is 10.5. The number of anilines is 2. The Balaban J connectivity index is 1.76. The summed E-state index contributed by atoms with van der Waals surface area (Å²) in [7, 11) is 0. The van der Waals surface area contributed by atoms with Crippen LogP contribution in [0.5, 0.6) is 0 Å². The predicted molar refractivity (Wildman–Crippen MR) is 110 cm³/mol. The lowest BCUT2D eigenvalue weighted by atomic mass is 10.2. The summed E-state index contributed by atoms with van der Waals surface area (Å²) in [6.07, 6.45) is 3.35. The molecular formula is C20H20N4O3S. The van der Waals surface area contributed by atoms with Crippen molar-refractivity contribution in [2.24, 2.45) is 0 Å². The maximum Gasteiger partial charge on any atom is 0.343 e. The first-order valence-electron chi connectivity index (χ1n) is 8.60. The van der Waals surface area contributed by atoms with Crippen molar-refractivity contribution in [2.45, 2.75) is 11.8 Å². The Morgan fingerprint density at radius 1 is 1.21 bits per heavy atom. The Bertz CT molecular complexity index is 999. The molecule has 0 unspecified atom stereocenters. The first-order chi connectivity index (χ1) is 13.5. The smallest absolute Gasteiger partial charge is 0.343 e. The number of nitrogens with zero attached hydrogens (tertiary/aromatic N) is 2. The van der Waals surface area contributed by atoms with Gasteiger partial charge in [-0.25, -0.2) is 9.48 Å². The molecule has 3 N–H and O–H groups in total. The van der Waals surface area contributed by atoms with Gasteiger partial charge in [-0.05, 0) is 55.6 Å². The number of ether oxygens (including phenoxy) is 1. The molecule has 0 saturated heterocycles. The number of nitrogen functional groups attached to an aromatic ring is 1. The largest absolute Gasteiger partial charge is 0.462 e. The molecule has 0 spiro atoms. The number of nitrogens with two attached hydrogens (primary N) is 1. The van der Waals surface area contributed by atoms with Crippen LogP contribution in [0.15, 0.2) is 59.6 Å². The zero-order chi connectivity index (χ0) is 20.1. The Morgan fingerprint density at radius 3 is 2.64 bits per heavy atom. The van der Waals surface area contributed by atoms with Crippen LogP contribution < -0.4 is 11.1 Å². The van der Waals surface area contributed by atoms with Gasteiger partial charge in [0.2, 0.25) is 0 Å². The van der Waals surface area contributed by atoms with Gasteiger partial charge >= 0.3 is 5.97 Å². The van der Waals surface area contributed by atoms with Crippen LogP contribution in [0.3, 0.4) is 0 Å². The minimum atomic E-state index is -0.519. The summed E-state index contributed by atoms with van der Waals surface area (Å²) in [5.74, 6) is -0.551. The van der Waals surface area contributed by atoms with Crippen LogP contribution in [0.25, 0.3) is 5.69 Å². The van der Waals surface area contributed by atoms with Crippen LogP contribution in [-0.4, -0.2) is 34.5 Å². The number of thioether (sulfide) groups is 1. The SMILES string of the molecule is CCOC(=O)c1cnn(-c2ccc(C(=O)Nc3cccc(SC)c3)cc2)c1N. The van der Waals surface area contributed by atoms with E-state index in [9.17, 15) is 9.59 Å². The molecule has 1 heterocycles. The van der Waals surface area contributed by atoms with Crippen LogP contribution in [0.2, 0.25) is 0 Å². The van der Waals surface area contributed by atoms with E-state index in [-0.39, 0.29) is 23.9 Å². The van der Waals surface area contributed by atoms with Gasteiger partial charge in [-0.15, -0.1) is 11.8 Å². The van der Waals surface area contributed by atoms with Crippen molar-refractivity contribution in [1.29, 1.82) is 0 Å². The third-order valence-corrected chi connectivity index (χ3v) is 4.73. The molecule has 1 amide bonds. The van der Waals surface area contributed by atoms with Crippen molar-refractivity contribution in [2.75, 3.05) is 23.9 Å². The predicted octanol–water partition coefficient (Wildman–Crippen LogP) is 3.61. The van der Waals surface area contributed by atoms with Gasteiger partial charge in [-0.3, -0.25) is 4.79 Å². The molecule has 0 aliphatic heterocycles. The van der Waals surface area contributed by atoms with Crippen LogP contribution in [-0.2, 0) is 4.74 Å². The molecule has 0 radical (unpaired) electrons. The molecule has 0 atom stereocenters. The molecule has 28 heavy (non-hydrogen) atoms. The van der Waals surface area contributed by atoms with E-state index < -0.39 is 5.97 Å². The second-order valence-corrected chi connectivity index (χ2v) is 6.69. The average Bonchev–Trinajstić information content (AvgIpc) is 3.10. The first-order valence-corrected chi connectivity index (χ1v) is 9.82. The first kappa shape index (κ1) is 19.5. The van der Waals surface area contributed by atoms with Crippen LogP contribution in [0.1, 0.15) is 27.6 Å². The summed E-state index contributed by atoms with van der Waals surface area (Å²) < 4.78 is 6.38. The minimum absolute atomic E-state index is 0.185. The molecule has 0 fully saturated rings. The summed E-state index contributed by atoms with van der Waals surface area (Å²) >= 11 is 1.61. The lowest BCUT2D eigenvalue weighted by Gasteiger charge is -2.08. The number of benzene rings is 2. The summed E-state index contributed by atoms with van der Waals surface area (Å²) in [5.41, 5.74) is 8.08. The second-order valence-electron chi connectivity index (χ2n) is 5.81. The number of carbonyl (C=O) groups is 2. The van der Waals surface area contributed by atoms with E-state index in [0.29, 0.717) is 11.3 Å². The fraction of sp³-hybridized carbons (Fsp3) is 0.150. The standard InChI is InChI=1S/C20H20N4O3S/c1-3-27-20(26)17-12-22-24(18(17)21)15-9-7-13(8-10-15)19(25)23-14-5-4-6-16(11-14)28-2/h4-12H,3,21H2,1-2H3,(H,23,25). The second kappa shape index (κ2) is 8.62. The van der Waals surface area contributed by atoms with Crippen LogP contribution in [0.4, 0.5) is 11.5 Å². The van der Waals surface area contributed by atoms with E-state index in [0.717, 1.165) is 10.6 Å². The molecule has 7 nitrogen and oxygen atoms in total. The van der Waals surface area contributed by atoms with Gasteiger partial charge in [0.1, 0.15) is 11.4 Å². The highest BCUT2D eigenvalue weighted by Gasteiger charge is 2.17. The fourth-order valence-corrected chi connectivity index (χ4v) is 3.05. The van der Waals surface area contributed by atoms with E-state index in [4.69, 9.17) is 10.5 Å². The molecule has 8 heteroatoms. The summed E-state index contributed by atoms with van der Waals surface area (Å²) in [6.45, 7) is 1.98. The molecule has 0 aliphatic carbocycles. The highest BCUT2D eigenvalue weighted by Crippen LogP contribution is 2.21. The Hall–Kier alpha value is -3.26. The van der Waals surface area contributed by atoms with Crippen molar-refractivity contribution in [3.63, 3.8) is 0 Å². The zero-order valence-corrected chi connectivity index (χ0v) is 16.3. The van der Waals surface area contributed by atoms with Crippen molar-refractivity contribution in [3.8, 4) is 5.69 Å². The van der Waals surface area contributed by atoms with Crippen LogP contribution >= 0.6 is 11.8 Å². The quantitative estimate of drug-likeness (QED) is 0.488. The van der Waals surface area contributed by atoms with Gasteiger partial charge in [-0.1, -0.05) is 6.07 Å². The van der Waals surface area contributed by atoms with Gasteiger partial charge in [0, 0.05) is 16.1 Å². The molecule has 0 bridgehead atoms. The molecule has 0 saturated carbocycles. The Kier molecular flexibility index (Phi) is 6.00. The number of nitrogens with one attached hydrogen (secondary N) is 1. The van der Waals surface area contributed by atoms with E-state index in [2.05, 4.69) is 10.4 Å². The van der Waals surface area contributed by atoms with Gasteiger partial charge in [-0.2, -0.15) is 5.10 Å². The molecular weight excluding hydrogens is 376 g/mol. The summed E-state index contributed by atoms with van der Waals surface area (Å²) in [4.78, 5) is 25.4. The van der Waals surface area contributed by atoms with Gasteiger partial charge < -0.3 is 15.8 Å². The van der Waals surface area contributed by atoms with Crippen LogP contribution in [0, 0.1) is 0 Å². The van der Waals surface area contributed by atoms with E-state index in [1.165, 1.54) is 10.9 Å². The molecule has 0 aliphatic rings. The third kappa shape index (κ3) is 4.17. The number of amides is 1. The number of esters is 1. The number of hydrogen-bond donors (Lipinski definition) is 2. The minimum Gasteiger partial charge on any atom is -0.462 e. The summed E-state index contributed by atoms with van der Waals surface area (Å²) in [6, 6.07) is 14.4. The van der Waals surface area contributed by atoms with Gasteiger partial charge in [0.15, 0.2) is 0 Å². The molecule has 2 aromatic carbocycles. The van der Waals surface area contributed by atoms with E-state index in [1.807, 2.05) is 30.5 Å². The molecule has 144 valence electrons. The lowest BCUT2D eigenvalue weighted by molar-refractivity contribution is 0.0527. The molecule has 3 aromatic rings. The van der Waals surface area contributed by atoms with E-state index >= 15 is 0 Å². The average molecular weight is 396 g/mol. The number of hydrogen-bond acceptors (Lipinski definition) is 6. The topological polar surface area (TPSA) is 99.2 Å². The Morgan fingerprint density at radius 2 is 1.96 bits per heavy atom. The Labute approximate surface area is 166 Å². The monoisotopic (exact) mass is 396 g/mol. The maximum atomic E-state index is 12.5. The number of rotatable bonds is 6.